The number of para-hydroxylation sites is 1. The number of hydrogen-bond acceptors (Lipinski definition) is 3. The highest BCUT2D eigenvalue weighted by Gasteiger charge is 2.25. The molecule has 1 N–H and O–H groups in total. The maximum Gasteiger partial charge on any atom is 0.242 e. The number of carbonyl (C=O) groups excluding carboxylic acids is 2. The van der Waals surface area contributed by atoms with Crippen LogP contribution in [-0.2, 0) is 16.1 Å². The van der Waals surface area contributed by atoms with Gasteiger partial charge in [-0.3, -0.25) is 9.59 Å². The van der Waals surface area contributed by atoms with Gasteiger partial charge in [0.15, 0.2) is 0 Å². The molecule has 0 aliphatic heterocycles. The van der Waals surface area contributed by atoms with Crippen molar-refractivity contribution >= 4 is 23.4 Å². The molecule has 0 aliphatic carbocycles. The highest BCUT2D eigenvalue weighted by atomic mass is 35.5. The van der Waals surface area contributed by atoms with Gasteiger partial charge in [-0.2, -0.15) is 0 Å². The van der Waals surface area contributed by atoms with Gasteiger partial charge < -0.3 is 15.0 Å². The van der Waals surface area contributed by atoms with Gasteiger partial charge in [0.1, 0.15) is 11.8 Å². The first-order valence-electron chi connectivity index (χ1n) is 8.95. The zero-order chi connectivity index (χ0) is 19.6. The Morgan fingerprint density at radius 3 is 2.44 bits per heavy atom. The summed E-state index contributed by atoms with van der Waals surface area (Å²) in [4.78, 5) is 26.4. The van der Waals surface area contributed by atoms with Crippen LogP contribution in [0.1, 0.15) is 25.3 Å². The summed E-state index contributed by atoms with van der Waals surface area (Å²) in [5.41, 5.74) is 0.809. The van der Waals surface area contributed by atoms with Crippen LogP contribution < -0.4 is 10.1 Å². The summed E-state index contributed by atoms with van der Waals surface area (Å²) < 4.78 is 5.63. The quantitative estimate of drug-likeness (QED) is 0.667. The van der Waals surface area contributed by atoms with Gasteiger partial charge in [0, 0.05) is 25.0 Å². The van der Waals surface area contributed by atoms with Gasteiger partial charge in [0.25, 0.3) is 0 Å². The molecule has 0 aromatic heterocycles. The Morgan fingerprint density at radius 1 is 1.11 bits per heavy atom. The van der Waals surface area contributed by atoms with Crippen LogP contribution >= 0.6 is 11.6 Å². The molecule has 0 bridgehead atoms. The zero-order valence-corrected chi connectivity index (χ0v) is 16.4. The number of ether oxygens (including phenoxy) is 1. The second-order valence-corrected chi connectivity index (χ2v) is 6.58. The molecule has 2 aromatic rings. The second-order valence-electron chi connectivity index (χ2n) is 6.17. The van der Waals surface area contributed by atoms with Crippen LogP contribution in [0.2, 0.25) is 5.02 Å². The highest BCUT2D eigenvalue weighted by molar-refractivity contribution is 6.31. The topological polar surface area (TPSA) is 58.6 Å². The summed E-state index contributed by atoms with van der Waals surface area (Å²) in [6, 6.07) is 16.2. The van der Waals surface area contributed by atoms with Crippen molar-refractivity contribution in [3.63, 3.8) is 0 Å². The molecular weight excluding hydrogens is 364 g/mol. The summed E-state index contributed by atoms with van der Waals surface area (Å²) in [6.45, 7) is 2.44. The molecule has 2 amide bonds. The van der Waals surface area contributed by atoms with E-state index >= 15 is 0 Å². The summed E-state index contributed by atoms with van der Waals surface area (Å²) in [5, 5.41) is 3.17. The number of carbonyl (C=O) groups is 2. The van der Waals surface area contributed by atoms with E-state index in [9.17, 15) is 9.59 Å². The third-order valence-corrected chi connectivity index (χ3v) is 4.63. The molecule has 0 heterocycles. The molecule has 1 unspecified atom stereocenters. The maximum absolute atomic E-state index is 12.8. The van der Waals surface area contributed by atoms with Crippen LogP contribution in [0, 0.1) is 0 Å². The number of benzene rings is 2. The van der Waals surface area contributed by atoms with Crippen molar-refractivity contribution in [1.29, 1.82) is 0 Å². The molecule has 2 rings (SSSR count). The molecule has 0 radical (unpaired) electrons. The molecule has 5 nitrogen and oxygen atoms in total. The number of halogens is 1. The summed E-state index contributed by atoms with van der Waals surface area (Å²) in [6.07, 6.45) is 0.853. The van der Waals surface area contributed by atoms with Gasteiger partial charge in [0.2, 0.25) is 11.8 Å². The lowest BCUT2D eigenvalue weighted by Gasteiger charge is -2.28. The van der Waals surface area contributed by atoms with E-state index in [-0.39, 0.29) is 18.4 Å². The van der Waals surface area contributed by atoms with Crippen molar-refractivity contribution in [2.45, 2.75) is 32.4 Å². The summed E-state index contributed by atoms with van der Waals surface area (Å²) >= 11 is 6.23. The third-order valence-electron chi connectivity index (χ3n) is 4.26. The number of likely N-dealkylation sites (N-methyl/N-ethyl adjacent to an activating group) is 1. The van der Waals surface area contributed by atoms with Crippen molar-refractivity contribution in [2.75, 3.05) is 13.7 Å². The molecule has 27 heavy (non-hydrogen) atoms. The maximum atomic E-state index is 12.8. The lowest BCUT2D eigenvalue weighted by atomic mass is 10.1. The predicted molar refractivity (Wildman–Crippen MR) is 107 cm³/mol. The van der Waals surface area contributed by atoms with E-state index in [0.717, 1.165) is 11.3 Å². The van der Waals surface area contributed by atoms with Crippen LogP contribution in [0.15, 0.2) is 54.6 Å². The fourth-order valence-electron chi connectivity index (χ4n) is 2.68. The van der Waals surface area contributed by atoms with Crippen LogP contribution in [0.4, 0.5) is 0 Å². The monoisotopic (exact) mass is 388 g/mol. The van der Waals surface area contributed by atoms with Crippen molar-refractivity contribution in [2.24, 2.45) is 0 Å². The van der Waals surface area contributed by atoms with E-state index in [1.54, 1.807) is 24.9 Å². The van der Waals surface area contributed by atoms with E-state index in [2.05, 4.69) is 5.32 Å². The van der Waals surface area contributed by atoms with E-state index in [1.807, 2.05) is 48.5 Å². The Labute approximate surface area is 165 Å². The molecule has 0 fully saturated rings. The Bertz CT molecular complexity index is 752. The molecule has 1 atom stereocenters. The van der Waals surface area contributed by atoms with Gasteiger partial charge in [-0.15, -0.1) is 0 Å². The van der Waals surface area contributed by atoms with Crippen LogP contribution in [-0.4, -0.2) is 36.4 Å². The lowest BCUT2D eigenvalue weighted by molar-refractivity contribution is -0.140. The first-order chi connectivity index (χ1) is 13.0. The molecule has 0 saturated heterocycles. The summed E-state index contributed by atoms with van der Waals surface area (Å²) in [5.74, 6) is 0.454. The minimum atomic E-state index is -0.589. The van der Waals surface area contributed by atoms with Crippen LogP contribution in [0.5, 0.6) is 5.75 Å². The number of rotatable bonds is 9. The molecule has 144 valence electrons. The fourth-order valence-corrected chi connectivity index (χ4v) is 2.87. The first kappa shape index (κ1) is 20.8. The van der Waals surface area contributed by atoms with Gasteiger partial charge in [-0.05, 0) is 37.1 Å². The van der Waals surface area contributed by atoms with E-state index in [0.29, 0.717) is 24.5 Å². The Kier molecular flexibility index (Phi) is 8.14. The van der Waals surface area contributed by atoms with Gasteiger partial charge in [0.05, 0.1) is 6.61 Å². The van der Waals surface area contributed by atoms with Gasteiger partial charge >= 0.3 is 0 Å². The first-order valence-corrected chi connectivity index (χ1v) is 9.33. The van der Waals surface area contributed by atoms with Crippen LogP contribution in [0.3, 0.4) is 0 Å². The molecule has 6 heteroatoms. The van der Waals surface area contributed by atoms with Crippen LogP contribution in [0.25, 0.3) is 0 Å². The average Bonchev–Trinajstić information content (AvgIpc) is 2.70. The highest BCUT2D eigenvalue weighted by Crippen LogP contribution is 2.19. The van der Waals surface area contributed by atoms with Crippen molar-refractivity contribution in [3.05, 3.63) is 65.2 Å². The number of nitrogens with one attached hydrogen (secondary N) is 1. The van der Waals surface area contributed by atoms with Crippen molar-refractivity contribution in [3.8, 4) is 5.75 Å². The largest absolute Gasteiger partial charge is 0.494 e. The normalized spacial score (nSPS) is 11.5. The predicted octanol–water partition coefficient (Wildman–Crippen LogP) is 3.66. The van der Waals surface area contributed by atoms with Crippen molar-refractivity contribution in [1.82, 2.24) is 10.2 Å². The summed E-state index contributed by atoms with van der Waals surface area (Å²) in [7, 11) is 1.56. The third kappa shape index (κ3) is 6.29. The zero-order valence-electron chi connectivity index (χ0n) is 15.7. The molecular formula is C21H25ClN2O3. The smallest absolute Gasteiger partial charge is 0.242 e. The fraction of sp³-hybridized carbons (Fsp3) is 0.333. The van der Waals surface area contributed by atoms with E-state index in [1.165, 1.54) is 0 Å². The number of amides is 2. The van der Waals surface area contributed by atoms with Crippen molar-refractivity contribution < 1.29 is 14.3 Å². The second kappa shape index (κ2) is 10.6. The Balaban J connectivity index is 1.98. The number of nitrogens with zero attached hydrogens (tertiary/aromatic N) is 1. The minimum absolute atomic E-state index is 0.109. The molecule has 0 saturated carbocycles. The average molecular weight is 389 g/mol. The standard InChI is InChI=1S/C21H25ClN2O3/c1-16(21(26)23-2)24(15-17-9-6-7-12-19(17)22)20(25)13-8-14-27-18-10-4-3-5-11-18/h3-7,9-12,16H,8,13-15H2,1-2H3,(H,23,26). The minimum Gasteiger partial charge on any atom is -0.494 e. The molecule has 2 aromatic carbocycles. The lowest BCUT2D eigenvalue weighted by Crippen LogP contribution is -2.46. The van der Waals surface area contributed by atoms with E-state index in [4.69, 9.17) is 16.3 Å². The van der Waals surface area contributed by atoms with Gasteiger partial charge in [-0.1, -0.05) is 48.0 Å². The van der Waals surface area contributed by atoms with E-state index < -0.39 is 6.04 Å². The molecule has 0 spiro atoms. The Hall–Kier alpha value is -2.53. The Morgan fingerprint density at radius 2 is 1.78 bits per heavy atom. The SMILES string of the molecule is CNC(=O)C(C)N(Cc1ccccc1Cl)C(=O)CCCOc1ccccc1. The number of hydrogen-bond donors (Lipinski definition) is 1. The molecule has 0 aliphatic rings. The van der Waals surface area contributed by atoms with Gasteiger partial charge in [-0.25, -0.2) is 0 Å².